The molecule has 0 saturated carbocycles. The van der Waals surface area contributed by atoms with Gasteiger partial charge in [-0.3, -0.25) is 24.0 Å². The third-order valence-electron chi connectivity index (χ3n) is 12.4. The highest BCUT2D eigenvalue weighted by atomic mass is 16.7. The first-order valence-electron chi connectivity index (χ1n) is 19.8. The van der Waals surface area contributed by atoms with Crippen LogP contribution in [0.15, 0.2) is 36.4 Å². The van der Waals surface area contributed by atoms with Crippen LogP contribution in [0.5, 0.6) is 5.75 Å². The first-order valence-corrected chi connectivity index (χ1v) is 19.8. The van der Waals surface area contributed by atoms with E-state index in [9.17, 15) is 29.1 Å². The number of phenolic OH excluding ortho intramolecular Hbond substituents is 1. The third kappa shape index (κ3) is 6.73. The molecule has 2 aromatic carbocycles. The Kier molecular flexibility index (Phi) is 9.72. The van der Waals surface area contributed by atoms with Crippen molar-refractivity contribution in [1.29, 1.82) is 0 Å². The molecule has 7 aliphatic rings. The molecular weight excluding hydrogens is 740 g/mol. The first-order chi connectivity index (χ1) is 27.2. The molecule has 13 atom stereocenters. The topological polar surface area (TPSA) is 179 Å². The summed E-state index contributed by atoms with van der Waals surface area (Å²) in [6, 6.07) is 6.31. The monoisotopic (exact) mass is 786 g/mol. The van der Waals surface area contributed by atoms with Crippen LogP contribution < -0.4 is 0 Å². The predicted octanol–water partition coefficient (Wildman–Crippen LogP) is 4.56. The molecule has 0 unspecified atom stereocenters. The van der Waals surface area contributed by atoms with Crippen LogP contribution in [0.25, 0.3) is 0 Å². The average Bonchev–Trinajstić information content (AvgIpc) is 3.15. The molecule has 2 aromatic rings. The van der Waals surface area contributed by atoms with Gasteiger partial charge in [0.05, 0.1) is 41.7 Å². The van der Waals surface area contributed by atoms with Gasteiger partial charge in [0.2, 0.25) is 0 Å². The quantitative estimate of drug-likeness (QED) is 0.381. The highest BCUT2D eigenvalue weighted by Crippen LogP contribution is 2.46. The van der Waals surface area contributed by atoms with Gasteiger partial charge in [-0.05, 0) is 70.9 Å². The highest BCUT2D eigenvalue weighted by molar-refractivity contribution is 6.32. The smallest absolute Gasteiger partial charge is 0.198 e. The van der Waals surface area contributed by atoms with Crippen LogP contribution in [0.1, 0.15) is 126 Å². The van der Waals surface area contributed by atoms with E-state index in [0.717, 1.165) is 0 Å². The highest BCUT2D eigenvalue weighted by Gasteiger charge is 2.51. The number of hydrogen-bond acceptors (Lipinski definition) is 14. The van der Waals surface area contributed by atoms with E-state index < -0.39 is 78.8 Å². The number of phenols is 1. The Morgan fingerprint density at radius 1 is 0.754 bits per heavy atom. The van der Waals surface area contributed by atoms with Crippen molar-refractivity contribution in [2.24, 2.45) is 0 Å². The van der Waals surface area contributed by atoms with Gasteiger partial charge < -0.3 is 43.0 Å². The molecule has 4 fully saturated rings. The minimum Gasteiger partial charge on any atom is -0.507 e. The lowest BCUT2D eigenvalue weighted by Gasteiger charge is -2.49. The van der Waals surface area contributed by atoms with E-state index >= 15 is 0 Å². The number of hydrogen-bond donors (Lipinski definition) is 1. The number of ether oxygens (including phenoxy) is 8. The van der Waals surface area contributed by atoms with E-state index in [1.165, 1.54) is 12.1 Å². The number of carbonyl (C=O) groups excluding carboxylic acids is 5. The summed E-state index contributed by atoms with van der Waals surface area (Å²) in [5.74, 6) is -1.96. The van der Waals surface area contributed by atoms with Gasteiger partial charge in [0.1, 0.15) is 30.2 Å². The molecule has 0 aromatic heterocycles. The molecule has 1 N–H and O–H groups in total. The van der Waals surface area contributed by atoms with Crippen molar-refractivity contribution < 1.29 is 67.0 Å². The maximum Gasteiger partial charge on any atom is 0.198 e. The first kappa shape index (κ1) is 38.5. The Morgan fingerprint density at radius 3 is 2.28 bits per heavy atom. The normalized spacial score (nSPS) is 38.9. The second-order valence-electron chi connectivity index (χ2n) is 16.6. The minimum atomic E-state index is -0.948. The second-order valence-corrected chi connectivity index (χ2v) is 16.6. The van der Waals surface area contributed by atoms with Crippen molar-refractivity contribution >= 4 is 28.9 Å². The molecule has 4 saturated heterocycles. The summed E-state index contributed by atoms with van der Waals surface area (Å²) >= 11 is 0. The summed E-state index contributed by atoms with van der Waals surface area (Å²) in [6.07, 6.45) is -1.61. The van der Waals surface area contributed by atoms with Gasteiger partial charge >= 0.3 is 0 Å². The Morgan fingerprint density at radius 2 is 1.51 bits per heavy atom. The van der Waals surface area contributed by atoms with Gasteiger partial charge in [0.25, 0.3) is 0 Å². The van der Waals surface area contributed by atoms with Gasteiger partial charge in [-0.25, -0.2) is 0 Å². The fourth-order valence-corrected chi connectivity index (χ4v) is 9.46. The van der Waals surface area contributed by atoms with Crippen LogP contribution >= 0.6 is 0 Å². The molecule has 0 amide bonds. The minimum absolute atomic E-state index is 0.00453. The van der Waals surface area contributed by atoms with Gasteiger partial charge in [-0.15, -0.1) is 0 Å². The number of Topliss-reactive ketones (excluding diaryl/α,β-unsaturated/α-hetero) is 2. The number of fused-ring (bicyclic) bond motifs is 6. The van der Waals surface area contributed by atoms with Crippen LogP contribution in [0.2, 0.25) is 0 Å². The maximum absolute atomic E-state index is 14.2. The van der Waals surface area contributed by atoms with Crippen molar-refractivity contribution in [2.45, 2.75) is 153 Å². The van der Waals surface area contributed by atoms with Crippen molar-refractivity contribution in [3.63, 3.8) is 0 Å². The molecule has 0 radical (unpaired) electrons. The lowest BCUT2D eigenvalue weighted by Crippen LogP contribution is -2.60. The molecule has 2 aliphatic carbocycles. The number of benzene rings is 2. The van der Waals surface area contributed by atoms with E-state index in [1.54, 1.807) is 38.1 Å². The molecular formula is C43H46O14. The van der Waals surface area contributed by atoms with Gasteiger partial charge in [-0.1, -0.05) is 12.1 Å². The lowest BCUT2D eigenvalue weighted by molar-refractivity contribution is -0.347. The molecule has 9 rings (SSSR count). The molecule has 14 heteroatoms. The summed E-state index contributed by atoms with van der Waals surface area (Å²) < 4.78 is 49.0. The number of aromatic hydroxyl groups is 1. The SMILES string of the molecule is C[C@@H]1O[C@@H](O[C@H]2CC[C@H](O[C@@]3(C)CC(=O)c4c(ccc5c4C(=O)c4ccc([C@H]6C[C@H]7O[C@@H]8CC(=O)[C@H](C)O[C@@H]8O[C@H]7[C@@H](C)O6)c(O)c4C5=O)C3)O[C@H]2C)C=CC1=O. The third-order valence-corrected chi connectivity index (χ3v) is 12.4. The van der Waals surface area contributed by atoms with Crippen molar-refractivity contribution in [1.82, 2.24) is 0 Å². The predicted molar refractivity (Wildman–Crippen MR) is 196 cm³/mol. The molecule has 0 bridgehead atoms. The van der Waals surface area contributed by atoms with E-state index in [2.05, 4.69) is 0 Å². The standard InChI is InChI=1S/C43H46O14/c1-18-26(44)10-12-33(51-18)55-29-11-13-34(52-20(29)3)57-43(5)16-22-6-7-24-36(35(22)28(46)17-43)39(48)25-9-8-23(38(47)37(25)40(24)49)30-15-31-41(21(4)50-30)56-42-32(54-31)14-27(45)19(2)53-42/h6-10,12,18-21,29-34,41-42,47H,11,13-17H2,1-5H3/t18-,19-,20-,21+,29-,30+,31+,32+,33-,34-,41-,42+,43+/m0/s1. The number of ketones is 5. The fraction of sp³-hybridized carbons (Fsp3) is 0.558. The Hall–Kier alpha value is -3.99. The number of carbonyl (C=O) groups is 5. The van der Waals surface area contributed by atoms with Crippen molar-refractivity contribution in [3.8, 4) is 5.75 Å². The number of rotatable bonds is 5. The second kappa shape index (κ2) is 14.4. The lowest BCUT2D eigenvalue weighted by atomic mass is 9.73. The largest absolute Gasteiger partial charge is 0.507 e. The fourth-order valence-electron chi connectivity index (χ4n) is 9.46. The maximum atomic E-state index is 14.2. The van der Waals surface area contributed by atoms with Gasteiger partial charge in [0.15, 0.2) is 47.8 Å². The van der Waals surface area contributed by atoms with Crippen LogP contribution in [0, 0.1) is 0 Å². The Labute approximate surface area is 329 Å². The van der Waals surface area contributed by atoms with Crippen LogP contribution in [-0.4, -0.2) is 107 Å². The van der Waals surface area contributed by atoms with Gasteiger partial charge in [0, 0.05) is 59.9 Å². The summed E-state index contributed by atoms with van der Waals surface area (Å²) in [6.45, 7) is 8.91. The molecule has 5 heterocycles. The van der Waals surface area contributed by atoms with Crippen LogP contribution in [0.4, 0.5) is 0 Å². The molecule has 0 spiro atoms. The van der Waals surface area contributed by atoms with Crippen LogP contribution in [0.3, 0.4) is 0 Å². The Bertz CT molecular complexity index is 2090. The summed E-state index contributed by atoms with van der Waals surface area (Å²) in [4.78, 5) is 66.5. The zero-order valence-corrected chi connectivity index (χ0v) is 32.4. The average molecular weight is 787 g/mol. The molecule has 57 heavy (non-hydrogen) atoms. The van der Waals surface area contributed by atoms with Crippen molar-refractivity contribution in [2.75, 3.05) is 0 Å². The van der Waals surface area contributed by atoms with E-state index in [1.807, 2.05) is 20.8 Å². The summed E-state index contributed by atoms with van der Waals surface area (Å²) in [7, 11) is 0. The summed E-state index contributed by atoms with van der Waals surface area (Å²) in [5.41, 5.74) is 0.108. The Balaban J connectivity index is 0.902. The zero-order chi connectivity index (χ0) is 40.1. The van der Waals surface area contributed by atoms with E-state index in [0.29, 0.717) is 30.4 Å². The van der Waals surface area contributed by atoms with Crippen LogP contribution in [-0.2, 0) is 53.9 Å². The zero-order valence-electron chi connectivity index (χ0n) is 32.4. The molecule has 302 valence electrons. The summed E-state index contributed by atoms with van der Waals surface area (Å²) in [5, 5.41) is 11.7. The van der Waals surface area contributed by atoms with Crippen molar-refractivity contribution in [3.05, 3.63) is 75.4 Å². The van der Waals surface area contributed by atoms with E-state index in [4.69, 9.17) is 37.9 Å². The van der Waals surface area contributed by atoms with Gasteiger partial charge in [-0.2, -0.15) is 0 Å². The van der Waals surface area contributed by atoms with E-state index in [-0.39, 0.29) is 82.4 Å². The molecule has 14 nitrogen and oxygen atoms in total. The molecule has 5 aliphatic heterocycles.